The minimum Gasteiger partial charge on any atom is -0.497 e. The molecule has 0 bridgehead atoms. The molecule has 34 heavy (non-hydrogen) atoms. The summed E-state index contributed by atoms with van der Waals surface area (Å²) < 4.78 is 41.2. The Labute approximate surface area is 205 Å². The molecule has 0 aliphatic heterocycles. The number of halogens is 1. The van der Waals surface area contributed by atoms with E-state index in [1.54, 1.807) is 38.5 Å². The average molecular weight is 545 g/mol. The molecule has 4 aromatic rings. The van der Waals surface area contributed by atoms with E-state index in [0.717, 1.165) is 0 Å². The average Bonchev–Trinajstić information content (AvgIpc) is 2.82. The summed E-state index contributed by atoms with van der Waals surface area (Å²) >= 11 is 3.26. The summed E-state index contributed by atoms with van der Waals surface area (Å²) in [7, 11) is -0.875. The van der Waals surface area contributed by atoms with Crippen LogP contribution in [-0.2, 0) is 16.6 Å². The van der Waals surface area contributed by atoms with Gasteiger partial charge in [0, 0.05) is 28.4 Å². The molecule has 0 aliphatic carbocycles. The molecule has 0 atom stereocenters. The fourth-order valence-corrected chi connectivity index (χ4v) is 4.43. The van der Waals surface area contributed by atoms with E-state index < -0.39 is 10.0 Å². The molecule has 176 valence electrons. The molecule has 3 N–H and O–H groups in total. The molecular formula is C23H21BrN4O5S. The standard InChI is InChI=1S/C23H21BrN4O5S/c1-31-16-10-15(11-17(12-16)32-2)26-23-20(27-18-5-3-4-6-19(18)28-23)13-33-21-8-7-14(24)9-22(21)34(25,29)30/h3-12H,13H2,1-2H3,(H,26,28)(H2,25,29,30). The van der Waals surface area contributed by atoms with Crippen molar-refractivity contribution in [1.29, 1.82) is 0 Å². The number of hydrogen-bond donors (Lipinski definition) is 2. The molecule has 0 amide bonds. The van der Waals surface area contributed by atoms with Crippen molar-refractivity contribution in [3.05, 3.63) is 70.8 Å². The lowest BCUT2D eigenvalue weighted by Crippen LogP contribution is -2.14. The first-order valence-corrected chi connectivity index (χ1v) is 12.3. The van der Waals surface area contributed by atoms with Crippen molar-refractivity contribution in [1.82, 2.24) is 9.97 Å². The van der Waals surface area contributed by atoms with Gasteiger partial charge in [0.05, 0.1) is 25.3 Å². The van der Waals surface area contributed by atoms with Crippen LogP contribution in [0.1, 0.15) is 5.69 Å². The van der Waals surface area contributed by atoms with Gasteiger partial charge in [-0.1, -0.05) is 28.1 Å². The molecular weight excluding hydrogens is 524 g/mol. The zero-order valence-electron chi connectivity index (χ0n) is 18.3. The number of hydrogen-bond acceptors (Lipinski definition) is 8. The Morgan fingerprint density at radius 1 is 0.941 bits per heavy atom. The van der Waals surface area contributed by atoms with E-state index in [2.05, 4.69) is 26.2 Å². The zero-order chi connectivity index (χ0) is 24.3. The van der Waals surface area contributed by atoms with Gasteiger partial charge in [-0.2, -0.15) is 0 Å². The first-order valence-electron chi connectivity index (χ1n) is 9.98. The summed E-state index contributed by atoms with van der Waals surface area (Å²) in [6.07, 6.45) is 0. The number of ether oxygens (including phenoxy) is 3. The molecule has 4 rings (SSSR count). The van der Waals surface area contributed by atoms with Crippen LogP contribution < -0.4 is 24.7 Å². The number of nitrogens with zero attached hydrogens (tertiary/aromatic N) is 2. The number of sulfonamides is 1. The summed E-state index contributed by atoms with van der Waals surface area (Å²) in [6.45, 7) is -0.0641. The van der Waals surface area contributed by atoms with Gasteiger partial charge < -0.3 is 19.5 Å². The number of primary sulfonamides is 1. The van der Waals surface area contributed by atoms with Gasteiger partial charge in [-0.05, 0) is 30.3 Å². The van der Waals surface area contributed by atoms with Gasteiger partial charge in [0.2, 0.25) is 10.0 Å². The van der Waals surface area contributed by atoms with Crippen LogP contribution in [0, 0.1) is 0 Å². The number of fused-ring (bicyclic) bond motifs is 1. The highest BCUT2D eigenvalue weighted by atomic mass is 79.9. The number of anilines is 2. The number of aromatic nitrogens is 2. The number of nitrogens with two attached hydrogens (primary N) is 1. The largest absolute Gasteiger partial charge is 0.497 e. The summed E-state index contributed by atoms with van der Waals surface area (Å²) in [5.41, 5.74) is 2.47. The Hall–Kier alpha value is -3.41. The molecule has 0 radical (unpaired) electrons. The van der Waals surface area contributed by atoms with E-state index in [1.165, 1.54) is 12.1 Å². The second-order valence-corrected chi connectivity index (χ2v) is 9.60. The second-order valence-electron chi connectivity index (χ2n) is 7.16. The number of para-hydroxylation sites is 2. The van der Waals surface area contributed by atoms with Crippen LogP contribution in [0.5, 0.6) is 17.2 Å². The smallest absolute Gasteiger partial charge is 0.241 e. The zero-order valence-corrected chi connectivity index (χ0v) is 20.7. The summed E-state index contributed by atoms with van der Waals surface area (Å²) in [5, 5.41) is 8.60. The lowest BCUT2D eigenvalue weighted by molar-refractivity contribution is 0.294. The summed E-state index contributed by atoms with van der Waals surface area (Å²) in [6, 6.07) is 17.3. The van der Waals surface area contributed by atoms with Crippen molar-refractivity contribution in [3.8, 4) is 17.2 Å². The maximum Gasteiger partial charge on any atom is 0.241 e. The molecule has 0 unspecified atom stereocenters. The second kappa shape index (κ2) is 9.84. The molecule has 0 saturated heterocycles. The van der Waals surface area contributed by atoms with Crippen LogP contribution in [0.25, 0.3) is 11.0 Å². The molecule has 1 aromatic heterocycles. The van der Waals surface area contributed by atoms with Gasteiger partial charge in [-0.3, -0.25) is 0 Å². The topological polar surface area (TPSA) is 126 Å². The SMILES string of the molecule is COc1cc(Nc2nc3ccccc3nc2COc2ccc(Br)cc2S(N)(=O)=O)cc(OC)c1. The van der Waals surface area contributed by atoms with Crippen molar-refractivity contribution in [2.45, 2.75) is 11.5 Å². The van der Waals surface area contributed by atoms with Gasteiger partial charge in [-0.15, -0.1) is 0 Å². The normalized spacial score (nSPS) is 11.3. The number of nitrogens with one attached hydrogen (secondary N) is 1. The molecule has 1 heterocycles. The van der Waals surface area contributed by atoms with Crippen LogP contribution in [0.4, 0.5) is 11.5 Å². The lowest BCUT2D eigenvalue weighted by Gasteiger charge is -2.15. The first kappa shape index (κ1) is 23.7. The maximum atomic E-state index is 12.0. The van der Waals surface area contributed by atoms with Gasteiger partial charge in [0.1, 0.15) is 34.4 Å². The predicted octanol–water partition coefficient (Wildman–Crippen LogP) is 4.38. The van der Waals surface area contributed by atoms with Crippen molar-refractivity contribution < 1.29 is 22.6 Å². The molecule has 0 fully saturated rings. The molecule has 0 spiro atoms. The molecule has 0 saturated carbocycles. The molecule has 9 nitrogen and oxygen atoms in total. The monoisotopic (exact) mass is 544 g/mol. The molecule has 3 aromatic carbocycles. The Morgan fingerprint density at radius 3 is 2.21 bits per heavy atom. The number of rotatable bonds is 8. The lowest BCUT2D eigenvalue weighted by atomic mass is 10.2. The van der Waals surface area contributed by atoms with Crippen LogP contribution in [0.2, 0.25) is 0 Å². The van der Waals surface area contributed by atoms with E-state index in [1.807, 2.05) is 24.3 Å². The predicted molar refractivity (Wildman–Crippen MR) is 132 cm³/mol. The first-order chi connectivity index (χ1) is 16.3. The minimum absolute atomic E-state index is 0.0641. The highest BCUT2D eigenvalue weighted by molar-refractivity contribution is 9.10. The quantitative estimate of drug-likeness (QED) is 0.334. The van der Waals surface area contributed by atoms with Gasteiger partial charge in [0.25, 0.3) is 0 Å². The van der Waals surface area contributed by atoms with Crippen molar-refractivity contribution in [2.75, 3.05) is 19.5 Å². The van der Waals surface area contributed by atoms with Gasteiger partial charge in [-0.25, -0.2) is 23.5 Å². The summed E-state index contributed by atoms with van der Waals surface area (Å²) in [5.74, 6) is 1.74. The Bertz CT molecular complexity index is 1440. The summed E-state index contributed by atoms with van der Waals surface area (Å²) in [4.78, 5) is 9.24. The van der Waals surface area contributed by atoms with E-state index in [9.17, 15) is 8.42 Å². The third kappa shape index (κ3) is 5.38. The number of benzene rings is 3. The van der Waals surface area contributed by atoms with Crippen LogP contribution >= 0.6 is 15.9 Å². The minimum atomic E-state index is -4.00. The van der Waals surface area contributed by atoms with Gasteiger partial charge >= 0.3 is 0 Å². The third-order valence-electron chi connectivity index (χ3n) is 4.83. The van der Waals surface area contributed by atoms with Gasteiger partial charge in [0.15, 0.2) is 5.82 Å². The third-order valence-corrected chi connectivity index (χ3v) is 6.26. The Balaban J connectivity index is 1.73. The highest BCUT2D eigenvalue weighted by Gasteiger charge is 2.18. The Kier molecular flexibility index (Phi) is 6.87. The van der Waals surface area contributed by atoms with Crippen molar-refractivity contribution in [2.24, 2.45) is 5.14 Å². The van der Waals surface area contributed by atoms with Crippen LogP contribution in [-0.4, -0.2) is 32.6 Å². The van der Waals surface area contributed by atoms with E-state index >= 15 is 0 Å². The van der Waals surface area contributed by atoms with Crippen molar-refractivity contribution >= 4 is 48.5 Å². The van der Waals surface area contributed by atoms with E-state index in [-0.39, 0.29) is 17.3 Å². The Morgan fingerprint density at radius 2 is 1.59 bits per heavy atom. The van der Waals surface area contributed by atoms with Crippen molar-refractivity contribution in [3.63, 3.8) is 0 Å². The fraction of sp³-hybridized carbons (Fsp3) is 0.130. The van der Waals surface area contributed by atoms with E-state index in [4.69, 9.17) is 24.3 Å². The number of methoxy groups -OCH3 is 2. The maximum absolute atomic E-state index is 12.0. The van der Waals surface area contributed by atoms with Crippen LogP contribution in [0.3, 0.4) is 0 Å². The fourth-order valence-electron chi connectivity index (χ4n) is 3.22. The molecule has 11 heteroatoms. The molecule has 0 aliphatic rings. The van der Waals surface area contributed by atoms with Crippen LogP contribution in [0.15, 0.2) is 70.0 Å². The van der Waals surface area contributed by atoms with E-state index in [0.29, 0.717) is 44.2 Å². The highest BCUT2D eigenvalue weighted by Crippen LogP contribution is 2.31.